The van der Waals surface area contributed by atoms with Crippen molar-refractivity contribution in [3.8, 4) is 17.2 Å². The SMILES string of the molecule is C/C=C/COc1cc(C)c(OCCCCCCCCCOc2cccc(/C(C)=N/OC)c2)c(C)c1. The second-order valence-corrected chi connectivity index (χ2v) is 8.83. The van der Waals surface area contributed by atoms with Crippen LogP contribution >= 0.6 is 0 Å². The number of oxime groups is 1. The Morgan fingerprint density at radius 1 is 0.800 bits per heavy atom. The van der Waals surface area contributed by atoms with Crippen molar-refractivity contribution in [3.05, 3.63) is 65.2 Å². The molecule has 0 aliphatic carbocycles. The zero-order valence-corrected chi connectivity index (χ0v) is 22.3. The maximum atomic E-state index is 6.09. The first-order chi connectivity index (χ1) is 17.0. The van der Waals surface area contributed by atoms with Gasteiger partial charge in [0.2, 0.25) is 0 Å². The molecular weight excluding hydrogens is 438 g/mol. The summed E-state index contributed by atoms with van der Waals surface area (Å²) in [5.74, 6) is 2.78. The predicted molar refractivity (Wildman–Crippen MR) is 145 cm³/mol. The van der Waals surface area contributed by atoms with Gasteiger partial charge in [0, 0.05) is 5.56 Å². The number of rotatable bonds is 17. The lowest BCUT2D eigenvalue weighted by molar-refractivity contribution is 0.213. The fraction of sp³-hybridized carbons (Fsp3) is 0.500. The van der Waals surface area contributed by atoms with Gasteiger partial charge in [-0.3, -0.25) is 0 Å². The highest BCUT2D eigenvalue weighted by Gasteiger charge is 2.07. The smallest absolute Gasteiger partial charge is 0.125 e. The van der Waals surface area contributed by atoms with Crippen LogP contribution in [0.1, 0.15) is 75.5 Å². The number of nitrogens with zero attached hydrogens (tertiary/aromatic N) is 1. The Bertz CT molecular complexity index is 913. The van der Waals surface area contributed by atoms with Crippen molar-refractivity contribution in [3.63, 3.8) is 0 Å². The van der Waals surface area contributed by atoms with E-state index in [0.717, 1.165) is 65.7 Å². The predicted octanol–water partition coefficient (Wildman–Crippen LogP) is 7.82. The molecule has 0 bridgehead atoms. The minimum Gasteiger partial charge on any atom is -0.494 e. The molecule has 2 aromatic carbocycles. The summed E-state index contributed by atoms with van der Waals surface area (Å²) in [5.41, 5.74) is 4.13. The van der Waals surface area contributed by atoms with Crippen LogP contribution in [-0.2, 0) is 4.84 Å². The summed E-state index contributed by atoms with van der Waals surface area (Å²) >= 11 is 0. The van der Waals surface area contributed by atoms with E-state index in [1.165, 1.54) is 32.1 Å². The van der Waals surface area contributed by atoms with E-state index in [1.54, 1.807) is 7.11 Å². The van der Waals surface area contributed by atoms with Gasteiger partial charge in [0.1, 0.15) is 31.0 Å². The fourth-order valence-corrected chi connectivity index (χ4v) is 3.91. The summed E-state index contributed by atoms with van der Waals surface area (Å²) < 4.78 is 17.7. The molecule has 2 rings (SSSR count). The highest BCUT2D eigenvalue weighted by atomic mass is 16.6. The Kier molecular flexibility index (Phi) is 13.4. The van der Waals surface area contributed by atoms with Crippen LogP contribution in [-0.4, -0.2) is 32.6 Å². The standard InChI is InChI=1S/C30H43NO4/c1-6-7-18-34-29-21-24(2)30(25(3)22-29)35-20-14-12-10-8-9-11-13-19-33-28-17-15-16-27(23-28)26(4)31-32-5/h6-7,15-17,21-23H,8-14,18-20H2,1-5H3/b7-6+,31-26+. The molecule has 0 fully saturated rings. The van der Waals surface area contributed by atoms with Gasteiger partial charge in [-0.1, -0.05) is 61.5 Å². The molecule has 0 radical (unpaired) electrons. The number of unbranched alkanes of at least 4 members (excludes halogenated alkanes) is 6. The molecule has 0 saturated heterocycles. The molecule has 5 heteroatoms. The third-order valence-corrected chi connectivity index (χ3v) is 5.80. The molecule has 192 valence electrons. The van der Waals surface area contributed by atoms with Crippen LogP contribution in [0.25, 0.3) is 0 Å². The number of hydrogen-bond donors (Lipinski definition) is 0. The van der Waals surface area contributed by atoms with Crippen LogP contribution in [0.15, 0.2) is 53.7 Å². The van der Waals surface area contributed by atoms with Crippen molar-refractivity contribution in [2.75, 3.05) is 26.9 Å². The van der Waals surface area contributed by atoms with Crippen LogP contribution < -0.4 is 14.2 Å². The molecule has 0 saturated carbocycles. The van der Waals surface area contributed by atoms with Gasteiger partial charge >= 0.3 is 0 Å². The summed E-state index contributed by atoms with van der Waals surface area (Å²) in [6, 6.07) is 12.1. The van der Waals surface area contributed by atoms with E-state index in [-0.39, 0.29) is 0 Å². The highest BCUT2D eigenvalue weighted by molar-refractivity contribution is 5.98. The van der Waals surface area contributed by atoms with Crippen molar-refractivity contribution in [2.24, 2.45) is 5.16 Å². The molecular formula is C30H43NO4. The summed E-state index contributed by atoms with van der Waals surface area (Å²) in [6.45, 7) is 10.2. The molecule has 0 aliphatic rings. The highest BCUT2D eigenvalue weighted by Crippen LogP contribution is 2.28. The lowest BCUT2D eigenvalue weighted by Gasteiger charge is -2.14. The van der Waals surface area contributed by atoms with Gasteiger partial charge in [0.25, 0.3) is 0 Å². The Labute approximate surface area is 212 Å². The second kappa shape index (κ2) is 16.6. The Hall–Kier alpha value is -2.95. The minimum atomic E-state index is 0.598. The molecule has 5 nitrogen and oxygen atoms in total. The van der Waals surface area contributed by atoms with Crippen LogP contribution in [0.2, 0.25) is 0 Å². The van der Waals surface area contributed by atoms with E-state index in [9.17, 15) is 0 Å². The van der Waals surface area contributed by atoms with E-state index in [4.69, 9.17) is 19.0 Å². The van der Waals surface area contributed by atoms with Gasteiger partial charge in [-0.15, -0.1) is 0 Å². The van der Waals surface area contributed by atoms with Crippen LogP contribution in [0.5, 0.6) is 17.2 Å². The first-order valence-corrected chi connectivity index (χ1v) is 12.8. The van der Waals surface area contributed by atoms with Gasteiger partial charge in [0.15, 0.2) is 0 Å². The Balaban J connectivity index is 1.53. The van der Waals surface area contributed by atoms with Crippen LogP contribution in [0.3, 0.4) is 0 Å². The van der Waals surface area contributed by atoms with Gasteiger partial charge in [-0.2, -0.15) is 0 Å². The minimum absolute atomic E-state index is 0.598. The molecule has 0 spiro atoms. The molecule has 0 unspecified atom stereocenters. The van der Waals surface area contributed by atoms with E-state index in [0.29, 0.717) is 6.61 Å². The summed E-state index contributed by atoms with van der Waals surface area (Å²) in [7, 11) is 1.56. The normalized spacial score (nSPS) is 11.6. The van der Waals surface area contributed by atoms with Crippen molar-refractivity contribution >= 4 is 5.71 Å². The van der Waals surface area contributed by atoms with Gasteiger partial charge < -0.3 is 19.0 Å². The monoisotopic (exact) mass is 481 g/mol. The third-order valence-electron chi connectivity index (χ3n) is 5.80. The Morgan fingerprint density at radius 2 is 1.43 bits per heavy atom. The lowest BCUT2D eigenvalue weighted by atomic mass is 10.1. The first kappa shape index (κ1) is 28.3. The van der Waals surface area contributed by atoms with Gasteiger partial charge in [0.05, 0.1) is 18.9 Å². The second-order valence-electron chi connectivity index (χ2n) is 8.83. The quantitative estimate of drug-likeness (QED) is 0.1000. The first-order valence-electron chi connectivity index (χ1n) is 12.8. The molecule has 0 heterocycles. The van der Waals surface area contributed by atoms with E-state index < -0.39 is 0 Å². The summed E-state index contributed by atoms with van der Waals surface area (Å²) in [6.07, 6.45) is 12.3. The molecule has 0 aromatic heterocycles. The zero-order valence-electron chi connectivity index (χ0n) is 22.3. The number of hydrogen-bond acceptors (Lipinski definition) is 5. The molecule has 0 aliphatic heterocycles. The van der Waals surface area contributed by atoms with Crippen LogP contribution in [0.4, 0.5) is 0 Å². The van der Waals surface area contributed by atoms with E-state index >= 15 is 0 Å². The van der Waals surface area contributed by atoms with Crippen molar-refractivity contribution in [1.29, 1.82) is 0 Å². The zero-order chi connectivity index (χ0) is 25.3. The Morgan fingerprint density at radius 3 is 2.06 bits per heavy atom. The average molecular weight is 482 g/mol. The topological polar surface area (TPSA) is 49.3 Å². The third kappa shape index (κ3) is 10.9. The molecule has 0 atom stereocenters. The maximum absolute atomic E-state index is 6.09. The van der Waals surface area contributed by atoms with E-state index in [2.05, 4.69) is 31.1 Å². The number of allylic oxidation sites excluding steroid dienone is 1. The van der Waals surface area contributed by atoms with Crippen LogP contribution in [0, 0.1) is 13.8 Å². The number of aryl methyl sites for hydroxylation is 2. The van der Waals surface area contributed by atoms with Crippen molar-refractivity contribution in [2.45, 2.75) is 72.6 Å². The van der Waals surface area contributed by atoms with Gasteiger partial charge in [-0.05, 0) is 75.9 Å². The average Bonchev–Trinajstić information content (AvgIpc) is 2.84. The molecule has 35 heavy (non-hydrogen) atoms. The maximum Gasteiger partial charge on any atom is 0.125 e. The van der Waals surface area contributed by atoms with Crippen molar-refractivity contribution in [1.82, 2.24) is 0 Å². The van der Waals surface area contributed by atoms with Gasteiger partial charge in [-0.25, -0.2) is 0 Å². The molecule has 0 amide bonds. The number of ether oxygens (including phenoxy) is 3. The summed E-state index contributed by atoms with van der Waals surface area (Å²) in [5, 5.41) is 3.98. The van der Waals surface area contributed by atoms with Crippen molar-refractivity contribution < 1.29 is 19.0 Å². The summed E-state index contributed by atoms with van der Waals surface area (Å²) in [4.78, 5) is 4.85. The van der Waals surface area contributed by atoms with E-state index in [1.807, 2.05) is 50.3 Å². The number of benzene rings is 2. The largest absolute Gasteiger partial charge is 0.494 e. The molecule has 2 aromatic rings. The fourth-order valence-electron chi connectivity index (χ4n) is 3.91. The molecule has 0 N–H and O–H groups in total. The lowest BCUT2D eigenvalue weighted by Crippen LogP contribution is -2.02.